The molecule has 1 aromatic carbocycles. The smallest absolute Gasteiger partial charge is 0.318 e. The van der Waals surface area contributed by atoms with Crippen LogP contribution in [0.4, 0.5) is 18.0 Å². The monoisotopic (exact) mass is 417 g/mol. The highest BCUT2D eigenvalue weighted by Crippen LogP contribution is 2.42. The summed E-state index contributed by atoms with van der Waals surface area (Å²) in [4.78, 5) is 26.1. The van der Waals surface area contributed by atoms with Crippen molar-refractivity contribution in [1.82, 2.24) is 15.5 Å². The molecule has 0 spiro atoms. The van der Waals surface area contributed by atoms with Crippen LogP contribution in [0.1, 0.15) is 44.2 Å². The van der Waals surface area contributed by atoms with Gasteiger partial charge in [0.25, 0.3) is 0 Å². The largest absolute Gasteiger partial charge is 0.353 e. The van der Waals surface area contributed by atoms with Gasteiger partial charge in [-0.1, -0.05) is 17.7 Å². The van der Waals surface area contributed by atoms with Crippen LogP contribution in [-0.4, -0.2) is 41.9 Å². The number of benzene rings is 1. The number of hydrogen-bond acceptors (Lipinski definition) is 2. The number of alkyl halides is 2. The van der Waals surface area contributed by atoms with Gasteiger partial charge in [0.1, 0.15) is 11.9 Å². The number of piperazine rings is 1. The standard InChI is InChI=1S/C19H23ClF3N3O2/c1-11-17(27)24-8-9-26(11)18(28)25-16(12-4-6-19(22,23)7-5-12)13-2-3-15(21)14(20)10-13/h2-3,10-12,16H,4-9H2,1H3,(H,24,27)(H,25,28)/t11-,16-/m1/s1. The van der Waals surface area contributed by atoms with E-state index in [0.29, 0.717) is 18.7 Å². The molecule has 0 aromatic heterocycles. The molecule has 2 atom stereocenters. The molecular formula is C19H23ClF3N3O2. The van der Waals surface area contributed by atoms with Gasteiger partial charge in [-0.3, -0.25) is 4.79 Å². The van der Waals surface area contributed by atoms with Crippen molar-refractivity contribution >= 4 is 23.5 Å². The molecule has 1 aromatic rings. The average Bonchev–Trinajstić information content (AvgIpc) is 2.64. The maximum Gasteiger partial charge on any atom is 0.318 e. The Bertz CT molecular complexity index is 752. The summed E-state index contributed by atoms with van der Waals surface area (Å²) in [6, 6.07) is 2.43. The molecule has 3 rings (SSSR count). The molecule has 1 aliphatic heterocycles. The maximum atomic E-state index is 13.6. The van der Waals surface area contributed by atoms with Crippen LogP contribution in [0, 0.1) is 11.7 Å². The van der Waals surface area contributed by atoms with E-state index in [1.54, 1.807) is 6.92 Å². The van der Waals surface area contributed by atoms with Crippen molar-refractivity contribution in [2.45, 2.75) is 50.6 Å². The lowest BCUT2D eigenvalue weighted by molar-refractivity contribution is -0.127. The minimum Gasteiger partial charge on any atom is -0.353 e. The minimum atomic E-state index is -2.70. The van der Waals surface area contributed by atoms with Crippen molar-refractivity contribution in [3.63, 3.8) is 0 Å². The zero-order valence-corrected chi connectivity index (χ0v) is 16.2. The molecule has 2 N–H and O–H groups in total. The van der Waals surface area contributed by atoms with E-state index in [0.717, 1.165) is 0 Å². The lowest BCUT2D eigenvalue weighted by Gasteiger charge is -2.38. The Morgan fingerprint density at radius 1 is 1.36 bits per heavy atom. The lowest BCUT2D eigenvalue weighted by Crippen LogP contribution is -2.58. The summed E-state index contributed by atoms with van der Waals surface area (Å²) in [5.41, 5.74) is 0.559. The molecule has 2 aliphatic rings. The second kappa shape index (κ2) is 8.19. The summed E-state index contributed by atoms with van der Waals surface area (Å²) in [6.07, 6.45) is -0.0745. The van der Waals surface area contributed by atoms with Crippen molar-refractivity contribution in [1.29, 1.82) is 0 Å². The van der Waals surface area contributed by atoms with Crippen LogP contribution in [-0.2, 0) is 4.79 Å². The molecule has 28 heavy (non-hydrogen) atoms. The van der Waals surface area contributed by atoms with Crippen molar-refractivity contribution in [3.05, 3.63) is 34.6 Å². The van der Waals surface area contributed by atoms with Crippen LogP contribution >= 0.6 is 11.6 Å². The minimum absolute atomic E-state index is 0.0939. The zero-order chi connectivity index (χ0) is 20.5. The predicted molar refractivity (Wildman–Crippen MR) is 98.8 cm³/mol. The summed E-state index contributed by atoms with van der Waals surface area (Å²) >= 11 is 5.90. The van der Waals surface area contributed by atoms with Gasteiger partial charge < -0.3 is 15.5 Å². The third-order valence-corrected chi connectivity index (χ3v) is 5.86. The second-order valence-corrected chi connectivity index (χ2v) is 7.86. The number of amides is 3. The fourth-order valence-corrected chi connectivity index (χ4v) is 4.04. The Morgan fingerprint density at radius 3 is 2.68 bits per heavy atom. The average molecular weight is 418 g/mol. The van der Waals surface area contributed by atoms with Gasteiger partial charge in [-0.25, -0.2) is 18.0 Å². The molecule has 154 valence electrons. The highest BCUT2D eigenvalue weighted by molar-refractivity contribution is 6.30. The van der Waals surface area contributed by atoms with Gasteiger partial charge in [-0.15, -0.1) is 0 Å². The Balaban J connectivity index is 1.82. The number of nitrogens with zero attached hydrogens (tertiary/aromatic N) is 1. The van der Waals surface area contributed by atoms with E-state index in [-0.39, 0.29) is 42.5 Å². The van der Waals surface area contributed by atoms with Crippen molar-refractivity contribution < 1.29 is 22.8 Å². The zero-order valence-electron chi connectivity index (χ0n) is 15.5. The molecule has 3 amide bonds. The van der Waals surface area contributed by atoms with Gasteiger partial charge in [-0.2, -0.15) is 0 Å². The number of hydrogen-bond donors (Lipinski definition) is 2. The molecule has 5 nitrogen and oxygen atoms in total. The molecule has 1 aliphatic carbocycles. The molecular weight excluding hydrogens is 395 g/mol. The first-order valence-electron chi connectivity index (χ1n) is 9.35. The molecule has 0 unspecified atom stereocenters. The normalized spacial score (nSPS) is 23.8. The first kappa shape index (κ1) is 20.8. The molecule has 2 fully saturated rings. The van der Waals surface area contributed by atoms with Crippen LogP contribution in [0.5, 0.6) is 0 Å². The predicted octanol–water partition coefficient (Wildman–Crippen LogP) is 3.88. The van der Waals surface area contributed by atoms with Gasteiger partial charge in [0.15, 0.2) is 0 Å². The summed E-state index contributed by atoms with van der Waals surface area (Å²) in [5.74, 6) is -3.78. The Hall–Kier alpha value is -1.96. The highest BCUT2D eigenvalue weighted by Gasteiger charge is 2.39. The van der Waals surface area contributed by atoms with Gasteiger partial charge >= 0.3 is 6.03 Å². The van der Waals surface area contributed by atoms with Gasteiger partial charge in [0.2, 0.25) is 11.8 Å². The number of carbonyl (C=O) groups is 2. The van der Waals surface area contributed by atoms with E-state index in [1.807, 2.05) is 0 Å². The summed E-state index contributed by atoms with van der Waals surface area (Å²) < 4.78 is 40.8. The van der Waals surface area contributed by atoms with E-state index >= 15 is 0 Å². The SMILES string of the molecule is C[C@@H]1C(=O)NCCN1C(=O)N[C@@H](c1ccc(F)c(Cl)c1)C1CCC(F)(F)CC1. The summed E-state index contributed by atoms with van der Waals surface area (Å²) in [5, 5.41) is 5.47. The Labute approximate surface area is 166 Å². The Kier molecular flexibility index (Phi) is 6.07. The van der Waals surface area contributed by atoms with E-state index in [9.17, 15) is 22.8 Å². The second-order valence-electron chi connectivity index (χ2n) is 7.45. The topological polar surface area (TPSA) is 61.4 Å². The summed E-state index contributed by atoms with van der Waals surface area (Å²) in [6.45, 7) is 2.32. The maximum absolute atomic E-state index is 13.6. The number of urea groups is 1. The van der Waals surface area contributed by atoms with Crippen molar-refractivity contribution in [2.75, 3.05) is 13.1 Å². The lowest BCUT2D eigenvalue weighted by atomic mass is 9.79. The van der Waals surface area contributed by atoms with Crippen LogP contribution in [0.2, 0.25) is 5.02 Å². The van der Waals surface area contributed by atoms with E-state index in [1.165, 1.54) is 23.1 Å². The number of halogens is 4. The number of rotatable bonds is 3. The van der Waals surface area contributed by atoms with E-state index in [2.05, 4.69) is 10.6 Å². The van der Waals surface area contributed by atoms with Crippen LogP contribution in [0.15, 0.2) is 18.2 Å². The molecule has 9 heteroatoms. The molecule has 1 saturated heterocycles. The third kappa shape index (κ3) is 4.54. The molecule has 0 radical (unpaired) electrons. The van der Waals surface area contributed by atoms with Crippen LogP contribution in [0.25, 0.3) is 0 Å². The van der Waals surface area contributed by atoms with Gasteiger partial charge in [0.05, 0.1) is 11.1 Å². The summed E-state index contributed by atoms with van der Waals surface area (Å²) in [7, 11) is 0. The number of nitrogens with one attached hydrogen (secondary N) is 2. The molecule has 1 saturated carbocycles. The van der Waals surface area contributed by atoms with Gasteiger partial charge in [0, 0.05) is 25.9 Å². The highest BCUT2D eigenvalue weighted by atomic mass is 35.5. The third-order valence-electron chi connectivity index (χ3n) is 5.57. The number of carbonyl (C=O) groups excluding carboxylic acids is 2. The first-order chi connectivity index (χ1) is 13.2. The van der Waals surface area contributed by atoms with Crippen molar-refractivity contribution in [3.8, 4) is 0 Å². The molecule has 0 bridgehead atoms. The first-order valence-corrected chi connectivity index (χ1v) is 9.73. The van der Waals surface area contributed by atoms with Crippen molar-refractivity contribution in [2.24, 2.45) is 5.92 Å². The fraction of sp³-hybridized carbons (Fsp3) is 0.579. The van der Waals surface area contributed by atoms with Crippen LogP contribution in [0.3, 0.4) is 0 Å². The Morgan fingerprint density at radius 2 is 2.04 bits per heavy atom. The van der Waals surface area contributed by atoms with Crippen LogP contribution < -0.4 is 10.6 Å². The van der Waals surface area contributed by atoms with E-state index < -0.39 is 29.9 Å². The van der Waals surface area contributed by atoms with E-state index in [4.69, 9.17) is 11.6 Å². The fourth-order valence-electron chi connectivity index (χ4n) is 3.85. The molecule has 1 heterocycles. The van der Waals surface area contributed by atoms with Gasteiger partial charge in [-0.05, 0) is 43.4 Å². The quantitative estimate of drug-likeness (QED) is 0.784.